The van der Waals surface area contributed by atoms with Crippen molar-refractivity contribution in [1.29, 1.82) is 0 Å². The summed E-state index contributed by atoms with van der Waals surface area (Å²) in [6, 6.07) is 1.55. The predicted octanol–water partition coefficient (Wildman–Crippen LogP) is 0.454. The van der Waals surface area contributed by atoms with Crippen molar-refractivity contribution in [3.05, 3.63) is 11.8 Å². The molecule has 0 saturated carbocycles. The molecule has 0 radical (unpaired) electrons. The third-order valence-corrected chi connectivity index (χ3v) is 3.55. The minimum atomic E-state index is -0.128. The second-order valence-corrected chi connectivity index (χ2v) is 4.79. The summed E-state index contributed by atoms with van der Waals surface area (Å²) in [7, 11) is 0. The van der Waals surface area contributed by atoms with Crippen LogP contribution in [0.25, 0.3) is 0 Å². The molecule has 0 atom stereocenters. The van der Waals surface area contributed by atoms with Crippen molar-refractivity contribution >= 4 is 11.7 Å². The highest BCUT2D eigenvalue weighted by atomic mass is 16.1. The maximum absolute atomic E-state index is 11.8. The van der Waals surface area contributed by atoms with Crippen LogP contribution in [0.15, 0.2) is 6.07 Å². The number of nitrogens with one attached hydrogen (secondary N) is 2. The second kappa shape index (κ2) is 5.86. The number of hydrogen-bond donors (Lipinski definition) is 3. The molecule has 0 unspecified atom stereocenters. The highest BCUT2D eigenvalue weighted by molar-refractivity contribution is 5.92. The minimum absolute atomic E-state index is 0.128. The van der Waals surface area contributed by atoms with E-state index in [0.29, 0.717) is 17.4 Å². The van der Waals surface area contributed by atoms with Crippen LogP contribution in [-0.4, -0.2) is 47.2 Å². The van der Waals surface area contributed by atoms with E-state index in [1.807, 2.05) is 0 Å². The van der Waals surface area contributed by atoms with Crippen molar-refractivity contribution in [1.82, 2.24) is 20.4 Å². The van der Waals surface area contributed by atoms with Gasteiger partial charge in [0.25, 0.3) is 5.91 Å². The van der Waals surface area contributed by atoms with Crippen molar-refractivity contribution in [2.45, 2.75) is 19.8 Å². The Morgan fingerprint density at radius 3 is 2.89 bits per heavy atom. The first-order valence-electron chi connectivity index (χ1n) is 6.50. The molecule has 6 nitrogen and oxygen atoms in total. The van der Waals surface area contributed by atoms with Gasteiger partial charge in [-0.15, -0.1) is 0 Å². The fraction of sp³-hybridized carbons (Fsp3) is 0.667. The zero-order valence-corrected chi connectivity index (χ0v) is 10.8. The Balaban J connectivity index is 1.74. The largest absolute Gasteiger partial charge is 0.382 e. The number of H-pyrrole nitrogens is 1. The van der Waals surface area contributed by atoms with Crippen LogP contribution < -0.4 is 11.1 Å². The van der Waals surface area contributed by atoms with Gasteiger partial charge in [0.1, 0.15) is 11.5 Å². The van der Waals surface area contributed by atoms with Gasteiger partial charge in [0.2, 0.25) is 0 Å². The normalized spacial score (nSPS) is 17.8. The van der Waals surface area contributed by atoms with Crippen molar-refractivity contribution in [3.8, 4) is 0 Å². The average Bonchev–Trinajstić information content (AvgIpc) is 2.83. The number of nitrogens with zero attached hydrogens (tertiary/aromatic N) is 2. The van der Waals surface area contributed by atoms with Crippen LogP contribution in [0.3, 0.4) is 0 Å². The fourth-order valence-electron chi connectivity index (χ4n) is 2.29. The lowest BCUT2D eigenvalue weighted by atomic mass is 9.97. The lowest BCUT2D eigenvalue weighted by Crippen LogP contribution is -2.38. The van der Waals surface area contributed by atoms with Gasteiger partial charge in [-0.1, -0.05) is 6.92 Å². The van der Waals surface area contributed by atoms with Crippen molar-refractivity contribution in [2.24, 2.45) is 5.92 Å². The molecule has 0 aliphatic carbocycles. The molecule has 4 N–H and O–H groups in total. The fourth-order valence-corrected chi connectivity index (χ4v) is 2.29. The molecule has 100 valence electrons. The van der Waals surface area contributed by atoms with Crippen LogP contribution in [0.1, 0.15) is 30.3 Å². The first-order valence-corrected chi connectivity index (χ1v) is 6.50. The lowest BCUT2D eigenvalue weighted by molar-refractivity contribution is 0.0932. The number of piperidine rings is 1. The van der Waals surface area contributed by atoms with E-state index in [0.717, 1.165) is 39.0 Å². The van der Waals surface area contributed by atoms with Gasteiger partial charge in [-0.25, -0.2) is 0 Å². The third kappa shape index (κ3) is 3.22. The lowest BCUT2D eigenvalue weighted by Gasteiger charge is -2.30. The van der Waals surface area contributed by atoms with Crippen LogP contribution in [-0.2, 0) is 0 Å². The number of anilines is 1. The molecule has 0 spiro atoms. The number of carbonyl (C=O) groups excluding carboxylic acids is 1. The molecule has 2 rings (SSSR count). The number of hydrogen-bond acceptors (Lipinski definition) is 4. The van der Waals surface area contributed by atoms with E-state index in [9.17, 15) is 4.79 Å². The predicted molar refractivity (Wildman–Crippen MR) is 70.2 cm³/mol. The molecule has 1 fully saturated rings. The third-order valence-electron chi connectivity index (χ3n) is 3.55. The van der Waals surface area contributed by atoms with Crippen molar-refractivity contribution in [3.63, 3.8) is 0 Å². The van der Waals surface area contributed by atoms with E-state index in [2.05, 4.69) is 27.3 Å². The smallest absolute Gasteiger partial charge is 0.269 e. The summed E-state index contributed by atoms with van der Waals surface area (Å²) >= 11 is 0. The zero-order valence-electron chi connectivity index (χ0n) is 10.8. The Labute approximate surface area is 107 Å². The minimum Gasteiger partial charge on any atom is -0.382 e. The highest BCUT2D eigenvalue weighted by Gasteiger charge is 2.19. The molecular weight excluding hydrogens is 230 g/mol. The first-order chi connectivity index (χ1) is 8.69. The number of rotatable bonds is 4. The van der Waals surface area contributed by atoms with E-state index < -0.39 is 0 Å². The Kier molecular flexibility index (Phi) is 4.19. The van der Waals surface area contributed by atoms with Crippen LogP contribution in [0.4, 0.5) is 5.82 Å². The molecule has 1 saturated heterocycles. The standard InChI is InChI=1S/C12H21N5O/c1-2-17-5-3-9(4-6-17)8-14-12(18)10-7-11(13)16-15-10/h7,9H,2-6,8H2,1H3,(H,14,18)(H3,13,15,16). The number of aromatic amines is 1. The molecule has 2 heterocycles. The van der Waals surface area contributed by atoms with E-state index >= 15 is 0 Å². The Morgan fingerprint density at radius 2 is 2.33 bits per heavy atom. The van der Waals surface area contributed by atoms with Crippen LogP contribution in [0, 0.1) is 5.92 Å². The molecule has 1 aliphatic rings. The Hall–Kier alpha value is -1.56. The molecule has 1 aliphatic heterocycles. The van der Waals surface area contributed by atoms with Crippen molar-refractivity contribution < 1.29 is 4.79 Å². The van der Waals surface area contributed by atoms with E-state index in [4.69, 9.17) is 5.73 Å². The molecule has 1 aromatic rings. The molecule has 0 bridgehead atoms. The molecule has 0 aromatic carbocycles. The average molecular weight is 251 g/mol. The molecule has 1 aromatic heterocycles. The number of carbonyl (C=O) groups is 1. The van der Waals surface area contributed by atoms with Crippen LogP contribution in [0.2, 0.25) is 0 Å². The quantitative estimate of drug-likeness (QED) is 0.725. The number of nitrogens with two attached hydrogens (primary N) is 1. The maximum Gasteiger partial charge on any atom is 0.269 e. The molecule has 18 heavy (non-hydrogen) atoms. The molecule has 6 heteroatoms. The zero-order chi connectivity index (χ0) is 13.0. The van der Waals surface area contributed by atoms with E-state index in [1.165, 1.54) is 0 Å². The Morgan fingerprint density at radius 1 is 1.61 bits per heavy atom. The first kappa shape index (κ1) is 12.9. The van der Waals surface area contributed by atoms with Gasteiger partial charge in [-0.2, -0.15) is 5.10 Å². The SMILES string of the molecule is CCN1CCC(CNC(=O)c2cc(N)n[nH]2)CC1. The Bertz CT molecular complexity index is 395. The topological polar surface area (TPSA) is 87.0 Å². The summed E-state index contributed by atoms with van der Waals surface area (Å²) in [6.07, 6.45) is 2.30. The molecular formula is C12H21N5O. The monoisotopic (exact) mass is 251 g/mol. The summed E-state index contributed by atoms with van der Waals surface area (Å²) in [6.45, 7) is 6.30. The number of likely N-dealkylation sites (tertiary alicyclic amines) is 1. The second-order valence-electron chi connectivity index (χ2n) is 4.79. The van der Waals surface area contributed by atoms with E-state index in [-0.39, 0.29) is 5.91 Å². The van der Waals surface area contributed by atoms with Gasteiger partial charge in [0, 0.05) is 12.6 Å². The van der Waals surface area contributed by atoms with Crippen molar-refractivity contribution in [2.75, 3.05) is 31.9 Å². The highest BCUT2D eigenvalue weighted by Crippen LogP contribution is 2.15. The molecule has 1 amide bonds. The number of amides is 1. The van der Waals surface area contributed by atoms with Gasteiger partial charge in [0.05, 0.1) is 0 Å². The number of aromatic nitrogens is 2. The van der Waals surface area contributed by atoms with E-state index in [1.54, 1.807) is 6.07 Å². The van der Waals surface area contributed by atoms with Gasteiger partial charge < -0.3 is 16.0 Å². The number of nitrogen functional groups attached to an aromatic ring is 1. The summed E-state index contributed by atoms with van der Waals surface area (Å²) in [5, 5.41) is 9.28. The van der Waals surface area contributed by atoms with Crippen LogP contribution >= 0.6 is 0 Å². The summed E-state index contributed by atoms with van der Waals surface area (Å²) in [5.74, 6) is 0.797. The summed E-state index contributed by atoms with van der Waals surface area (Å²) in [4.78, 5) is 14.2. The van der Waals surface area contributed by atoms with Crippen LogP contribution in [0.5, 0.6) is 0 Å². The van der Waals surface area contributed by atoms with Gasteiger partial charge in [-0.3, -0.25) is 9.89 Å². The van der Waals surface area contributed by atoms with Gasteiger partial charge in [-0.05, 0) is 38.4 Å². The summed E-state index contributed by atoms with van der Waals surface area (Å²) < 4.78 is 0. The summed E-state index contributed by atoms with van der Waals surface area (Å²) in [5.41, 5.74) is 5.89. The van der Waals surface area contributed by atoms with Gasteiger partial charge >= 0.3 is 0 Å². The maximum atomic E-state index is 11.8. The van der Waals surface area contributed by atoms with Gasteiger partial charge in [0.15, 0.2) is 0 Å².